The lowest BCUT2D eigenvalue weighted by atomic mass is 10.3. The molecule has 0 aliphatic heterocycles. The van der Waals surface area contributed by atoms with Gasteiger partial charge in [-0.25, -0.2) is 17.6 Å². The molecule has 0 spiro atoms. The number of aromatic nitrogens is 2. The zero-order chi connectivity index (χ0) is 10.8. The summed E-state index contributed by atoms with van der Waals surface area (Å²) < 4.78 is 34.8. The maximum absolute atomic E-state index is 10.3. The Hall–Kier alpha value is -0.880. The zero-order valence-electron chi connectivity index (χ0n) is 8.30. The van der Waals surface area contributed by atoms with Crippen molar-refractivity contribution < 1.29 is 17.5 Å². The topological polar surface area (TPSA) is 66.0 Å². The van der Waals surface area contributed by atoms with Gasteiger partial charge < -0.3 is 4.55 Å². The quantitative estimate of drug-likeness (QED) is 0.497. The lowest BCUT2D eigenvalue weighted by Crippen LogP contribution is -2.23. The van der Waals surface area contributed by atoms with Crippen LogP contribution in [0.25, 0.3) is 0 Å². The molecule has 0 fully saturated rings. The third-order valence-electron chi connectivity index (χ3n) is 1.99. The van der Waals surface area contributed by atoms with Crippen LogP contribution in [-0.2, 0) is 30.6 Å². The first-order valence-corrected chi connectivity index (χ1v) is 5.90. The second-order valence-electron chi connectivity index (χ2n) is 3.38. The number of hydrogen-bond acceptors (Lipinski definition) is 3. The van der Waals surface area contributed by atoms with E-state index in [1.165, 1.54) is 0 Å². The standard InChI is InChI=1S/C8H14N2O3S/c1-9-6-8(10(2)7-9)4-3-5-14(11,12)13/h6-7H,3-5H2,1-2H3. The maximum atomic E-state index is 10.3. The maximum Gasteiger partial charge on any atom is 0.243 e. The minimum atomic E-state index is -4.07. The molecule has 0 N–H and O–H groups in total. The molecule has 1 rings (SSSR count). The molecule has 80 valence electrons. The first-order valence-electron chi connectivity index (χ1n) is 4.32. The Bertz CT molecular complexity index is 408. The molecule has 1 heterocycles. The summed E-state index contributed by atoms with van der Waals surface area (Å²) in [5, 5.41) is 0. The highest BCUT2D eigenvalue weighted by Crippen LogP contribution is 2.00. The van der Waals surface area contributed by atoms with Gasteiger partial charge in [0.25, 0.3) is 0 Å². The van der Waals surface area contributed by atoms with Crippen molar-refractivity contribution in [2.75, 3.05) is 5.75 Å². The van der Waals surface area contributed by atoms with E-state index >= 15 is 0 Å². The Morgan fingerprint density at radius 1 is 1.57 bits per heavy atom. The van der Waals surface area contributed by atoms with E-state index < -0.39 is 10.1 Å². The van der Waals surface area contributed by atoms with E-state index in [0.29, 0.717) is 12.8 Å². The van der Waals surface area contributed by atoms with Gasteiger partial charge in [-0.05, 0) is 6.42 Å². The van der Waals surface area contributed by atoms with Crippen LogP contribution in [-0.4, -0.2) is 23.3 Å². The molecule has 0 aromatic carbocycles. The Morgan fingerprint density at radius 3 is 2.64 bits per heavy atom. The molecule has 0 aliphatic rings. The summed E-state index contributed by atoms with van der Waals surface area (Å²) >= 11 is 0. The van der Waals surface area contributed by atoms with Gasteiger partial charge in [0.15, 0.2) is 0 Å². The molecule has 14 heavy (non-hydrogen) atoms. The van der Waals surface area contributed by atoms with E-state index in [-0.39, 0.29) is 5.75 Å². The van der Waals surface area contributed by atoms with Crippen molar-refractivity contribution in [3.8, 4) is 0 Å². The molecule has 0 unspecified atom stereocenters. The van der Waals surface area contributed by atoms with Crippen molar-refractivity contribution in [2.24, 2.45) is 14.1 Å². The highest BCUT2D eigenvalue weighted by molar-refractivity contribution is 7.85. The van der Waals surface area contributed by atoms with Gasteiger partial charge in [-0.3, -0.25) is 0 Å². The van der Waals surface area contributed by atoms with E-state index in [4.69, 9.17) is 0 Å². The van der Waals surface area contributed by atoms with Gasteiger partial charge >= 0.3 is 0 Å². The molecule has 0 aliphatic carbocycles. The second-order valence-corrected chi connectivity index (χ2v) is 4.90. The number of imidazole rings is 1. The van der Waals surface area contributed by atoms with E-state index in [2.05, 4.69) is 0 Å². The first-order chi connectivity index (χ1) is 6.38. The Labute approximate surface area is 83.7 Å². The molecule has 0 saturated heterocycles. The van der Waals surface area contributed by atoms with Crippen LogP contribution >= 0.6 is 0 Å². The van der Waals surface area contributed by atoms with Crippen molar-refractivity contribution in [2.45, 2.75) is 12.8 Å². The highest BCUT2D eigenvalue weighted by atomic mass is 32.2. The van der Waals surface area contributed by atoms with E-state index in [9.17, 15) is 13.0 Å². The summed E-state index contributed by atoms with van der Waals surface area (Å²) in [5.41, 5.74) is 1.02. The number of nitrogens with zero attached hydrogens (tertiary/aromatic N) is 2. The molecule has 0 radical (unpaired) electrons. The SMILES string of the molecule is Cn1c[n+](C)cc1CCCS(=O)(=O)[O-]. The van der Waals surface area contributed by atoms with Crippen LogP contribution in [0.3, 0.4) is 0 Å². The fourth-order valence-corrected chi connectivity index (χ4v) is 1.88. The van der Waals surface area contributed by atoms with Crippen molar-refractivity contribution in [1.29, 1.82) is 0 Å². The van der Waals surface area contributed by atoms with Gasteiger partial charge in [0.2, 0.25) is 6.33 Å². The summed E-state index contributed by atoms with van der Waals surface area (Å²) in [7, 11) is -0.280. The van der Waals surface area contributed by atoms with Crippen LogP contribution in [0.1, 0.15) is 12.1 Å². The van der Waals surface area contributed by atoms with Crippen molar-refractivity contribution in [3.63, 3.8) is 0 Å². The average molecular weight is 218 g/mol. The van der Waals surface area contributed by atoms with E-state index in [1.807, 2.05) is 35.8 Å². The van der Waals surface area contributed by atoms with Crippen molar-refractivity contribution in [3.05, 3.63) is 18.2 Å². The predicted octanol–water partition coefficient (Wildman–Crippen LogP) is -0.673. The fraction of sp³-hybridized carbons (Fsp3) is 0.625. The van der Waals surface area contributed by atoms with Crippen LogP contribution in [0.2, 0.25) is 0 Å². The number of rotatable bonds is 4. The average Bonchev–Trinajstić information content (AvgIpc) is 2.27. The lowest BCUT2D eigenvalue weighted by molar-refractivity contribution is -0.671. The third kappa shape index (κ3) is 3.47. The van der Waals surface area contributed by atoms with Gasteiger partial charge in [-0.2, -0.15) is 0 Å². The van der Waals surface area contributed by atoms with Gasteiger partial charge in [-0.15, -0.1) is 0 Å². The normalized spacial score (nSPS) is 11.9. The first kappa shape index (κ1) is 11.2. The van der Waals surface area contributed by atoms with E-state index in [1.54, 1.807) is 0 Å². The monoisotopic (exact) mass is 218 g/mol. The van der Waals surface area contributed by atoms with Crippen molar-refractivity contribution >= 4 is 10.1 Å². The smallest absolute Gasteiger partial charge is 0.243 e. The van der Waals surface area contributed by atoms with Gasteiger partial charge in [-0.1, -0.05) is 0 Å². The highest BCUT2D eigenvalue weighted by Gasteiger charge is 2.07. The Morgan fingerprint density at radius 2 is 2.21 bits per heavy atom. The molecule has 0 atom stereocenters. The predicted molar refractivity (Wildman–Crippen MR) is 49.5 cm³/mol. The molecule has 1 aromatic heterocycles. The summed E-state index contributed by atoms with van der Waals surface area (Å²) in [6, 6.07) is 0. The molecular formula is C8H14N2O3S. The van der Waals surface area contributed by atoms with Gasteiger partial charge in [0, 0.05) is 12.2 Å². The molecule has 0 amide bonds. The minimum Gasteiger partial charge on any atom is -0.748 e. The van der Waals surface area contributed by atoms with Crippen LogP contribution in [0, 0.1) is 0 Å². The largest absolute Gasteiger partial charge is 0.748 e. The number of aryl methyl sites for hydroxylation is 3. The molecule has 1 aromatic rings. The van der Waals surface area contributed by atoms with Crippen LogP contribution in [0.15, 0.2) is 12.5 Å². The van der Waals surface area contributed by atoms with Crippen molar-refractivity contribution in [1.82, 2.24) is 4.57 Å². The van der Waals surface area contributed by atoms with Crippen LogP contribution < -0.4 is 4.57 Å². The molecule has 6 heteroatoms. The van der Waals surface area contributed by atoms with Crippen LogP contribution in [0.5, 0.6) is 0 Å². The summed E-state index contributed by atoms with van der Waals surface area (Å²) in [6.45, 7) is 0. The summed E-state index contributed by atoms with van der Waals surface area (Å²) in [5.74, 6) is -0.290. The Balaban J connectivity index is 2.50. The molecule has 0 saturated carbocycles. The molecule has 0 bridgehead atoms. The van der Waals surface area contributed by atoms with Gasteiger partial charge in [0.1, 0.15) is 11.9 Å². The third-order valence-corrected chi connectivity index (χ3v) is 2.78. The number of hydrogen-bond donors (Lipinski definition) is 0. The molecule has 5 nitrogen and oxygen atoms in total. The second kappa shape index (κ2) is 4.10. The summed E-state index contributed by atoms with van der Waals surface area (Å²) in [6.07, 6.45) is 4.79. The fourth-order valence-electron chi connectivity index (χ4n) is 1.38. The Kier molecular flexibility index (Phi) is 3.28. The molecular weight excluding hydrogens is 204 g/mol. The van der Waals surface area contributed by atoms with Gasteiger partial charge in [0.05, 0.1) is 24.2 Å². The van der Waals surface area contributed by atoms with Crippen LogP contribution in [0.4, 0.5) is 0 Å². The van der Waals surface area contributed by atoms with E-state index in [0.717, 1.165) is 5.69 Å². The summed E-state index contributed by atoms with van der Waals surface area (Å²) in [4.78, 5) is 0. The minimum absolute atomic E-state index is 0.290. The zero-order valence-corrected chi connectivity index (χ0v) is 9.12. The lowest BCUT2D eigenvalue weighted by Gasteiger charge is -2.04.